The van der Waals surface area contributed by atoms with Crippen molar-refractivity contribution in [1.29, 1.82) is 0 Å². The minimum Gasteiger partial charge on any atom is -0.493 e. The molecule has 0 unspecified atom stereocenters. The van der Waals surface area contributed by atoms with E-state index in [1.807, 2.05) is 17.8 Å². The summed E-state index contributed by atoms with van der Waals surface area (Å²) in [6, 6.07) is 3.38. The number of imidazole rings is 1. The molecular formula is C14H17ClN2O3. The van der Waals surface area contributed by atoms with Gasteiger partial charge in [0.1, 0.15) is 5.82 Å². The van der Waals surface area contributed by atoms with Crippen molar-refractivity contribution >= 4 is 11.6 Å². The molecule has 0 atom stereocenters. The lowest BCUT2D eigenvalue weighted by Gasteiger charge is -2.13. The molecule has 0 radical (unpaired) electrons. The molecule has 0 saturated carbocycles. The van der Waals surface area contributed by atoms with E-state index in [1.54, 1.807) is 25.4 Å². The Morgan fingerprint density at radius 2 is 2.20 bits per heavy atom. The smallest absolute Gasteiger partial charge is 0.179 e. The number of hydrogen-bond donors (Lipinski definition) is 1. The summed E-state index contributed by atoms with van der Waals surface area (Å²) in [6.07, 6.45) is 4.31. The Labute approximate surface area is 122 Å². The molecule has 2 aromatic rings. The van der Waals surface area contributed by atoms with Gasteiger partial charge in [0, 0.05) is 25.9 Å². The molecule has 20 heavy (non-hydrogen) atoms. The van der Waals surface area contributed by atoms with Gasteiger partial charge in [-0.1, -0.05) is 11.6 Å². The highest BCUT2D eigenvalue weighted by molar-refractivity contribution is 6.32. The van der Waals surface area contributed by atoms with E-state index in [-0.39, 0.29) is 6.61 Å². The van der Waals surface area contributed by atoms with Crippen LogP contribution in [0.5, 0.6) is 11.5 Å². The molecule has 0 saturated heterocycles. The van der Waals surface area contributed by atoms with Crippen LogP contribution in [0, 0.1) is 0 Å². The van der Waals surface area contributed by atoms with Gasteiger partial charge in [-0.15, -0.1) is 0 Å². The third-order valence-corrected chi connectivity index (χ3v) is 3.25. The van der Waals surface area contributed by atoms with Crippen molar-refractivity contribution in [2.45, 2.75) is 13.0 Å². The molecule has 0 spiro atoms. The van der Waals surface area contributed by atoms with E-state index in [4.69, 9.17) is 26.2 Å². The maximum Gasteiger partial charge on any atom is 0.179 e. The van der Waals surface area contributed by atoms with Crippen LogP contribution in [-0.4, -0.2) is 28.4 Å². The van der Waals surface area contributed by atoms with Crippen LogP contribution in [0.1, 0.15) is 11.4 Å². The average molecular weight is 297 g/mol. The SMILES string of the molecule is COc1cc(CO)cc(Cl)c1OCCc1nccn1C. The van der Waals surface area contributed by atoms with Crippen molar-refractivity contribution in [2.24, 2.45) is 7.05 Å². The molecule has 6 heteroatoms. The summed E-state index contributed by atoms with van der Waals surface area (Å²) in [5, 5.41) is 9.56. The zero-order valence-corrected chi connectivity index (χ0v) is 12.2. The summed E-state index contributed by atoms with van der Waals surface area (Å²) in [5.41, 5.74) is 0.684. The number of benzene rings is 1. The highest BCUT2D eigenvalue weighted by Crippen LogP contribution is 2.36. The van der Waals surface area contributed by atoms with Crippen LogP contribution < -0.4 is 9.47 Å². The predicted molar refractivity (Wildman–Crippen MR) is 76.3 cm³/mol. The molecule has 0 aliphatic heterocycles. The van der Waals surface area contributed by atoms with Gasteiger partial charge >= 0.3 is 0 Å². The van der Waals surface area contributed by atoms with Crippen LogP contribution in [0.2, 0.25) is 5.02 Å². The molecule has 108 valence electrons. The molecule has 5 nitrogen and oxygen atoms in total. The molecule has 1 N–H and O–H groups in total. The van der Waals surface area contributed by atoms with Crippen LogP contribution >= 0.6 is 11.6 Å². The maximum atomic E-state index is 9.14. The van der Waals surface area contributed by atoms with E-state index < -0.39 is 0 Å². The first-order valence-corrected chi connectivity index (χ1v) is 6.59. The quantitative estimate of drug-likeness (QED) is 0.888. The zero-order valence-electron chi connectivity index (χ0n) is 11.5. The number of ether oxygens (including phenoxy) is 2. The lowest BCUT2D eigenvalue weighted by molar-refractivity contribution is 0.277. The fraction of sp³-hybridized carbons (Fsp3) is 0.357. The van der Waals surface area contributed by atoms with Crippen LogP contribution in [0.15, 0.2) is 24.5 Å². The highest BCUT2D eigenvalue weighted by Gasteiger charge is 2.12. The van der Waals surface area contributed by atoms with Gasteiger partial charge in [-0.25, -0.2) is 4.98 Å². The normalized spacial score (nSPS) is 10.6. The Morgan fingerprint density at radius 1 is 1.40 bits per heavy atom. The highest BCUT2D eigenvalue weighted by atomic mass is 35.5. The van der Waals surface area contributed by atoms with Gasteiger partial charge in [-0.3, -0.25) is 0 Å². The van der Waals surface area contributed by atoms with Crippen LogP contribution in [-0.2, 0) is 20.1 Å². The largest absolute Gasteiger partial charge is 0.493 e. The first-order chi connectivity index (χ1) is 9.65. The van der Waals surface area contributed by atoms with Gasteiger partial charge in [-0.05, 0) is 17.7 Å². The number of aryl methyl sites for hydroxylation is 1. The van der Waals surface area contributed by atoms with E-state index in [1.165, 1.54) is 0 Å². The average Bonchev–Trinajstić information content (AvgIpc) is 2.85. The second-order valence-corrected chi connectivity index (χ2v) is 4.73. The van der Waals surface area contributed by atoms with Gasteiger partial charge in [-0.2, -0.15) is 0 Å². The molecule has 0 fully saturated rings. The first-order valence-electron chi connectivity index (χ1n) is 6.22. The van der Waals surface area contributed by atoms with Crippen molar-refractivity contribution < 1.29 is 14.6 Å². The molecule has 0 amide bonds. The maximum absolute atomic E-state index is 9.14. The minimum atomic E-state index is -0.0936. The topological polar surface area (TPSA) is 56.5 Å². The van der Waals surface area contributed by atoms with Crippen LogP contribution in [0.3, 0.4) is 0 Å². The summed E-state index contributed by atoms with van der Waals surface area (Å²) in [7, 11) is 3.48. The number of nitrogens with zero attached hydrogens (tertiary/aromatic N) is 2. The lowest BCUT2D eigenvalue weighted by Crippen LogP contribution is -2.07. The monoisotopic (exact) mass is 296 g/mol. The molecule has 0 aliphatic rings. The molecule has 1 aromatic carbocycles. The zero-order chi connectivity index (χ0) is 14.5. The van der Waals surface area contributed by atoms with Gasteiger partial charge in [0.2, 0.25) is 0 Å². The van der Waals surface area contributed by atoms with Gasteiger partial charge < -0.3 is 19.1 Å². The number of rotatable bonds is 6. The van der Waals surface area contributed by atoms with E-state index in [0.717, 1.165) is 5.82 Å². The van der Waals surface area contributed by atoms with Crippen molar-refractivity contribution in [3.63, 3.8) is 0 Å². The number of aliphatic hydroxyl groups is 1. The van der Waals surface area contributed by atoms with Gasteiger partial charge in [0.25, 0.3) is 0 Å². The molecule has 0 bridgehead atoms. The van der Waals surface area contributed by atoms with Crippen LogP contribution in [0.4, 0.5) is 0 Å². The van der Waals surface area contributed by atoms with E-state index in [9.17, 15) is 0 Å². The Kier molecular flexibility index (Phi) is 4.87. The number of aromatic nitrogens is 2. The standard InChI is InChI=1S/C14H17ClN2O3/c1-17-5-4-16-13(17)3-6-20-14-11(15)7-10(9-18)8-12(14)19-2/h4-5,7-8,18H,3,6,9H2,1-2H3. The first kappa shape index (κ1) is 14.7. The molecular weight excluding hydrogens is 280 g/mol. The second kappa shape index (κ2) is 6.63. The Bertz CT molecular complexity index is 584. The second-order valence-electron chi connectivity index (χ2n) is 4.32. The lowest BCUT2D eigenvalue weighted by atomic mass is 10.2. The third kappa shape index (κ3) is 3.23. The van der Waals surface area contributed by atoms with Gasteiger partial charge in [0.05, 0.1) is 25.3 Å². The third-order valence-electron chi connectivity index (χ3n) is 2.96. The van der Waals surface area contributed by atoms with Crippen molar-refractivity contribution in [2.75, 3.05) is 13.7 Å². The fourth-order valence-corrected chi connectivity index (χ4v) is 2.17. The van der Waals surface area contributed by atoms with E-state index in [0.29, 0.717) is 35.1 Å². The number of hydrogen-bond acceptors (Lipinski definition) is 4. The fourth-order valence-electron chi connectivity index (χ4n) is 1.89. The molecule has 0 aliphatic carbocycles. The summed E-state index contributed by atoms with van der Waals surface area (Å²) < 4.78 is 12.9. The predicted octanol–water partition coefficient (Wildman–Crippen LogP) is 2.20. The Morgan fingerprint density at radius 3 is 2.80 bits per heavy atom. The van der Waals surface area contributed by atoms with Crippen molar-refractivity contribution in [3.05, 3.63) is 40.9 Å². The molecule has 2 rings (SSSR count). The number of aliphatic hydroxyl groups excluding tert-OH is 1. The number of methoxy groups -OCH3 is 1. The summed E-state index contributed by atoms with van der Waals surface area (Å²) in [6.45, 7) is 0.350. The number of halogens is 1. The van der Waals surface area contributed by atoms with Crippen molar-refractivity contribution in [1.82, 2.24) is 9.55 Å². The summed E-state index contributed by atoms with van der Waals surface area (Å²) >= 11 is 6.15. The Hall–Kier alpha value is -1.72. The molecule has 1 aromatic heterocycles. The van der Waals surface area contributed by atoms with E-state index in [2.05, 4.69) is 4.98 Å². The van der Waals surface area contributed by atoms with E-state index >= 15 is 0 Å². The van der Waals surface area contributed by atoms with Gasteiger partial charge in [0.15, 0.2) is 11.5 Å². The Balaban J connectivity index is 2.07. The summed E-state index contributed by atoms with van der Waals surface area (Å²) in [5.74, 6) is 1.94. The van der Waals surface area contributed by atoms with Crippen molar-refractivity contribution in [3.8, 4) is 11.5 Å². The minimum absolute atomic E-state index is 0.0936. The van der Waals surface area contributed by atoms with Crippen LogP contribution in [0.25, 0.3) is 0 Å². The summed E-state index contributed by atoms with van der Waals surface area (Å²) in [4.78, 5) is 4.23. The molecule has 1 heterocycles.